The van der Waals surface area contributed by atoms with Gasteiger partial charge >= 0.3 is 17.7 Å². The summed E-state index contributed by atoms with van der Waals surface area (Å²) in [6.45, 7) is 4.65. The van der Waals surface area contributed by atoms with Gasteiger partial charge in [0.25, 0.3) is 0 Å². The second kappa shape index (κ2) is 4.02. The lowest BCUT2D eigenvalue weighted by Crippen LogP contribution is -2.42. The minimum Gasteiger partial charge on any atom is -0.415 e. The first kappa shape index (κ1) is 11.6. The molecule has 13 heavy (non-hydrogen) atoms. The Morgan fingerprint density at radius 3 is 1.38 bits per heavy atom. The molecule has 0 saturated heterocycles. The van der Waals surface area contributed by atoms with Gasteiger partial charge in [0.05, 0.1) is 0 Å². The Morgan fingerprint density at radius 1 is 0.923 bits per heavy atom. The van der Waals surface area contributed by atoms with Crippen LogP contribution in [0.1, 0.15) is 27.7 Å². The van der Waals surface area contributed by atoms with Crippen LogP contribution in [-0.2, 0) is 23.9 Å². The van der Waals surface area contributed by atoms with Crippen molar-refractivity contribution < 1.29 is 23.9 Å². The molecule has 0 atom stereocenters. The molecule has 0 aliphatic carbocycles. The van der Waals surface area contributed by atoms with E-state index >= 15 is 0 Å². The molecule has 0 spiro atoms. The van der Waals surface area contributed by atoms with E-state index in [1.807, 2.05) is 0 Å². The fraction of sp³-hybridized carbons (Fsp3) is 0.625. The molecule has 0 heterocycles. The van der Waals surface area contributed by atoms with Crippen LogP contribution in [0.15, 0.2) is 0 Å². The Bertz CT molecular complexity index is 227. The first-order valence-electron chi connectivity index (χ1n) is 3.68. The van der Waals surface area contributed by atoms with Gasteiger partial charge in [0, 0.05) is 27.7 Å². The third-order valence-electron chi connectivity index (χ3n) is 1.32. The van der Waals surface area contributed by atoms with Gasteiger partial charge in [-0.2, -0.15) is 0 Å². The molecule has 5 nitrogen and oxygen atoms in total. The summed E-state index contributed by atoms with van der Waals surface area (Å²) >= 11 is 0. The van der Waals surface area contributed by atoms with E-state index in [9.17, 15) is 14.4 Å². The quantitative estimate of drug-likeness (QED) is 0.474. The molecule has 0 aliphatic heterocycles. The van der Waals surface area contributed by atoms with Crippen LogP contribution in [0.5, 0.6) is 0 Å². The van der Waals surface area contributed by atoms with Crippen molar-refractivity contribution in [2.24, 2.45) is 0 Å². The summed E-state index contributed by atoms with van der Waals surface area (Å²) in [5, 5.41) is 0. The van der Waals surface area contributed by atoms with E-state index in [1.54, 1.807) is 0 Å². The monoisotopic (exact) mass is 188 g/mol. The Balaban J connectivity index is 4.62. The van der Waals surface area contributed by atoms with Crippen molar-refractivity contribution in [1.29, 1.82) is 0 Å². The maximum absolute atomic E-state index is 11.0. The molecule has 5 heteroatoms. The number of hydrogen-bond acceptors (Lipinski definition) is 5. The fourth-order valence-corrected chi connectivity index (χ4v) is 0.713. The maximum atomic E-state index is 11.0. The summed E-state index contributed by atoms with van der Waals surface area (Å²) in [5.74, 6) is -3.70. The third kappa shape index (κ3) is 3.68. The zero-order chi connectivity index (χ0) is 10.6. The molecule has 0 radical (unpaired) electrons. The normalized spacial score (nSPS) is 10.5. The van der Waals surface area contributed by atoms with Gasteiger partial charge in [0.1, 0.15) is 0 Å². The van der Waals surface area contributed by atoms with E-state index in [1.165, 1.54) is 13.8 Å². The summed E-state index contributed by atoms with van der Waals surface area (Å²) in [6.07, 6.45) is 0. The van der Waals surface area contributed by atoms with Gasteiger partial charge in [-0.05, 0) is 0 Å². The van der Waals surface area contributed by atoms with Gasteiger partial charge in [-0.15, -0.1) is 0 Å². The zero-order valence-corrected chi connectivity index (χ0v) is 8.04. The second-order valence-electron chi connectivity index (χ2n) is 2.69. The van der Waals surface area contributed by atoms with Crippen LogP contribution < -0.4 is 0 Å². The maximum Gasteiger partial charge on any atom is 0.313 e. The van der Waals surface area contributed by atoms with Crippen molar-refractivity contribution in [3.63, 3.8) is 0 Å². The summed E-state index contributed by atoms with van der Waals surface area (Å²) in [5.41, 5.74) is 0. The minimum absolute atomic E-state index is 0.544. The lowest BCUT2D eigenvalue weighted by Gasteiger charge is -2.24. The van der Waals surface area contributed by atoms with Crippen molar-refractivity contribution in [3.8, 4) is 0 Å². The van der Waals surface area contributed by atoms with Crippen LogP contribution in [0.4, 0.5) is 0 Å². The Morgan fingerprint density at radius 2 is 1.23 bits per heavy atom. The Kier molecular flexibility index (Phi) is 3.59. The van der Waals surface area contributed by atoms with E-state index in [4.69, 9.17) is 0 Å². The van der Waals surface area contributed by atoms with Crippen molar-refractivity contribution in [3.05, 3.63) is 0 Å². The fourth-order valence-electron chi connectivity index (χ4n) is 0.713. The molecule has 0 saturated carbocycles. The van der Waals surface area contributed by atoms with Crippen LogP contribution in [0.25, 0.3) is 0 Å². The zero-order valence-electron chi connectivity index (χ0n) is 8.04. The van der Waals surface area contributed by atoms with Crippen molar-refractivity contribution in [2.45, 2.75) is 33.5 Å². The number of esters is 2. The largest absolute Gasteiger partial charge is 0.415 e. The van der Waals surface area contributed by atoms with Gasteiger partial charge in [-0.3, -0.25) is 14.4 Å². The van der Waals surface area contributed by atoms with E-state index in [2.05, 4.69) is 9.47 Å². The molecular formula is C8H12O5. The Hall–Kier alpha value is -1.39. The van der Waals surface area contributed by atoms with E-state index in [0.29, 0.717) is 0 Å². The molecule has 0 aromatic heterocycles. The smallest absolute Gasteiger partial charge is 0.313 e. The third-order valence-corrected chi connectivity index (χ3v) is 1.32. The standard InChI is InChI=1S/C8H12O5/c1-5(9)8(4,12-6(2)10)13-7(3)11/h1-4H3. The highest BCUT2D eigenvalue weighted by Crippen LogP contribution is 2.14. The van der Waals surface area contributed by atoms with Crippen molar-refractivity contribution >= 4 is 17.7 Å². The average molecular weight is 188 g/mol. The highest BCUT2D eigenvalue weighted by atomic mass is 16.7. The molecule has 74 valence electrons. The highest BCUT2D eigenvalue weighted by Gasteiger charge is 2.36. The van der Waals surface area contributed by atoms with Gasteiger partial charge in [-0.1, -0.05) is 0 Å². The number of rotatable bonds is 3. The minimum atomic E-state index is -1.79. The molecule has 0 rings (SSSR count). The molecule has 0 aromatic rings. The molecule has 0 aromatic carbocycles. The molecular weight excluding hydrogens is 176 g/mol. The molecule has 0 fully saturated rings. The Labute approximate surface area is 76.0 Å². The van der Waals surface area contributed by atoms with Gasteiger partial charge in [-0.25, -0.2) is 0 Å². The lowest BCUT2D eigenvalue weighted by atomic mass is 10.2. The van der Waals surface area contributed by atoms with Crippen LogP contribution in [0.3, 0.4) is 0 Å². The van der Waals surface area contributed by atoms with E-state index in [0.717, 1.165) is 13.8 Å². The summed E-state index contributed by atoms with van der Waals surface area (Å²) < 4.78 is 9.16. The van der Waals surface area contributed by atoms with E-state index in [-0.39, 0.29) is 0 Å². The predicted octanol–water partition coefficient (Wildman–Crippen LogP) is 0.418. The number of ketones is 1. The summed E-state index contributed by atoms with van der Waals surface area (Å²) in [4.78, 5) is 32.1. The highest BCUT2D eigenvalue weighted by molar-refractivity contribution is 5.87. The van der Waals surface area contributed by atoms with Gasteiger partial charge in [0.15, 0.2) is 0 Å². The number of carbonyl (C=O) groups is 3. The number of hydrogen-bond donors (Lipinski definition) is 0. The van der Waals surface area contributed by atoms with E-state index < -0.39 is 23.5 Å². The molecule has 0 aliphatic rings. The van der Waals surface area contributed by atoms with Gasteiger partial charge < -0.3 is 9.47 Å². The van der Waals surface area contributed by atoms with Crippen LogP contribution in [0.2, 0.25) is 0 Å². The van der Waals surface area contributed by atoms with Crippen LogP contribution in [-0.4, -0.2) is 23.5 Å². The lowest BCUT2D eigenvalue weighted by molar-refractivity contribution is -0.217. The molecule has 0 unspecified atom stereocenters. The topological polar surface area (TPSA) is 69.7 Å². The number of ether oxygens (including phenoxy) is 2. The average Bonchev–Trinajstić information content (AvgIpc) is 1.82. The predicted molar refractivity (Wildman–Crippen MR) is 42.6 cm³/mol. The first-order valence-corrected chi connectivity index (χ1v) is 3.68. The summed E-state index contributed by atoms with van der Waals surface area (Å²) in [7, 11) is 0. The van der Waals surface area contributed by atoms with Crippen LogP contribution >= 0.6 is 0 Å². The van der Waals surface area contributed by atoms with Crippen LogP contribution in [0, 0.1) is 0 Å². The SMILES string of the molecule is CC(=O)OC(C)(OC(C)=O)C(C)=O. The molecule has 0 N–H and O–H groups in total. The van der Waals surface area contributed by atoms with Crippen molar-refractivity contribution in [1.82, 2.24) is 0 Å². The summed E-state index contributed by atoms with van der Waals surface area (Å²) in [6, 6.07) is 0. The number of carbonyl (C=O) groups excluding carboxylic acids is 3. The van der Waals surface area contributed by atoms with Gasteiger partial charge in [0.2, 0.25) is 5.78 Å². The second-order valence-corrected chi connectivity index (χ2v) is 2.69. The molecule has 0 amide bonds. The first-order chi connectivity index (χ1) is 5.78. The molecule has 0 bridgehead atoms. The number of Topliss-reactive ketones (excluding diaryl/α,β-unsaturated/α-hetero) is 1. The van der Waals surface area contributed by atoms with Crippen molar-refractivity contribution in [2.75, 3.05) is 0 Å².